The second-order valence-corrected chi connectivity index (χ2v) is 3.32. The fourth-order valence-corrected chi connectivity index (χ4v) is 1.40. The minimum atomic E-state index is 0.445. The number of nitrogens with two attached hydrogens (primary N) is 1. The normalized spacial score (nSPS) is 9.87. The lowest BCUT2D eigenvalue weighted by molar-refractivity contribution is 0.881. The number of aromatic nitrogens is 2. The minimum Gasteiger partial charge on any atom is -0.382 e. The standard InChI is InChI=1S/C11H10N4/c1-8-2-3-9(7-12)10(6-8)15-5-4-11(13)14-15/h2-6H,1H3,(H2,13,14). The maximum absolute atomic E-state index is 8.96. The third-order valence-corrected chi connectivity index (χ3v) is 2.13. The van der Waals surface area contributed by atoms with Gasteiger partial charge in [-0.15, -0.1) is 0 Å². The van der Waals surface area contributed by atoms with Crippen molar-refractivity contribution >= 4 is 5.82 Å². The molecule has 2 N–H and O–H groups in total. The van der Waals surface area contributed by atoms with Gasteiger partial charge in [0, 0.05) is 12.3 Å². The van der Waals surface area contributed by atoms with Gasteiger partial charge in [0.15, 0.2) is 0 Å². The first-order valence-corrected chi connectivity index (χ1v) is 4.53. The molecule has 1 aromatic heterocycles. The lowest BCUT2D eigenvalue weighted by atomic mass is 10.1. The Morgan fingerprint density at radius 1 is 1.40 bits per heavy atom. The molecule has 2 aromatic rings. The molecule has 1 heterocycles. The molecule has 0 aliphatic heterocycles. The number of anilines is 1. The van der Waals surface area contributed by atoms with E-state index in [4.69, 9.17) is 11.0 Å². The molecule has 0 unspecified atom stereocenters. The molecule has 0 atom stereocenters. The summed E-state index contributed by atoms with van der Waals surface area (Å²) in [5.41, 5.74) is 7.96. The van der Waals surface area contributed by atoms with Gasteiger partial charge >= 0.3 is 0 Å². The highest BCUT2D eigenvalue weighted by atomic mass is 15.3. The van der Waals surface area contributed by atoms with Gasteiger partial charge in [-0.2, -0.15) is 10.4 Å². The maximum Gasteiger partial charge on any atom is 0.145 e. The summed E-state index contributed by atoms with van der Waals surface area (Å²) in [5.74, 6) is 0.445. The van der Waals surface area contributed by atoms with E-state index in [-0.39, 0.29) is 0 Å². The van der Waals surface area contributed by atoms with Crippen molar-refractivity contribution in [3.63, 3.8) is 0 Å². The van der Waals surface area contributed by atoms with Crippen LogP contribution in [0, 0.1) is 18.3 Å². The number of rotatable bonds is 1. The van der Waals surface area contributed by atoms with E-state index in [1.165, 1.54) is 0 Å². The predicted molar refractivity (Wildman–Crippen MR) is 57.4 cm³/mol. The van der Waals surface area contributed by atoms with Gasteiger partial charge in [-0.3, -0.25) is 0 Å². The van der Waals surface area contributed by atoms with E-state index in [0.29, 0.717) is 11.4 Å². The van der Waals surface area contributed by atoms with Crippen molar-refractivity contribution < 1.29 is 0 Å². The van der Waals surface area contributed by atoms with E-state index in [9.17, 15) is 0 Å². The van der Waals surface area contributed by atoms with E-state index < -0.39 is 0 Å². The van der Waals surface area contributed by atoms with Gasteiger partial charge in [-0.25, -0.2) is 4.68 Å². The minimum absolute atomic E-state index is 0.445. The van der Waals surface area contributed by atoms with Crippen molar-refractivity contribution in [2.75, 3.05) is 5.73 Å². The van der Waals surface area contributed by atoms with Crippen molar-refractivity contribution in [1.29, 1.82) is 5.26 Å². The van der Waals surface area contributed by atoms with Gasteiger partial charge in [-0.1, -0.05) is 6.07 Å². The summed E-state index contributed by atoms with van der Waals surface area (Å²) >= 11 is 0. The molecular weight excluding hydrogens is 188 g/mol. The van der Waals surface area contributed by atoms with Crippen LogP contribution in [0.5, 0.6) is 0 Å². The van der Waals surface area contributed by atoms with Crippen LogP contribution in [0.25, 0.3) is 5.69 Å². The predicted octanol–water partition coefficient (Wildman–Crippen LogP) is 1.63. The Kier molecular flexibility index (Phi) is 2.14. The molecule has 74 valence electrons. The Bertz CT molecular complexity index is 534. The number of hydrogen-bond acceptors (Lipinski definition) is 3. The van der Waals surface area contributed by atoms with Gasteiger partial charge < -0.3 is 5.73 Å². The van der Waals surface area contributed by atoms with Crippen LogP contribution in [-0.4, -0.2) is 9.78 Å². The highest BCUT2D eigenvalue weighted by Gasteiger charge is 2.05. The second-order valence-electron chi connectivity index (χ2n) is 3.32. The average Bonchev–Trinajstić information content (AvgIpc) is 2.65. The molecule has 0 saturated carbocycles. The molecule has 0 spiro atoms. The van der Waals surface area contributed by atoms with Crippen molar-refractivity contribution in [2.45, 2.75) is 6.92 Å². The monoisotopic (exact) mass is 198 g/mol. The van der Waals surface area contributed by atoms with Gasteiger partial charge in [-0.05, 0) is 24.6 Å². The van der Waals surface area contributed by atoms with Crippen molar-refractivity contribution in [3.05, 3.63) is 41.6 Å². The molecule has 0 bridgehead atoms. The van der Waals surface area contributed by atoms with Crippen molar-refractivity contribution in [3.8, 4) is 11.8 Å². The largest absolute Gasteiger partial charge is 0.382 e. The highest BCUT2D eigenvalue weighted by molar-refractivity contribution is 5.50. The molecule has 2 rings (SSSR count). The number of aryl methyl sites for hydroxylation is 1. The zero-order valence-electron chi connectivity index (χ0n) is 8.31. The van der Waals surface area contributed by atoms with Crippen molar-refractivity contribution in [1.82, 2.24) is 9.78 Å². The van der Waals surface area contributed by atoms with E-state index in [2.05, 4.69) is 11.2 Å². The summed E-state index contributed by atoms with van der Waals surface area (Å²) < 4.78 is 1.61. The lowest BCUT2D eigenvalue weighted by Crippen LogP contribution is -1.99. The van der Waals surface area contributed by atoms with Gasteiger partial charge in [0.1, 0.15) is 11.9 Å². The maximum atomic E-state index is 8.96. The molecule has 4 heteroatoms. The molecule has 0 aliphatic rings. The van der Waals surface area contributed by atoms with Crippen LogP contribution in [0.4, 0.5) is 5.82 Å². The summed E-state index contributed by atoms with van der Waals surface area (Å²) in [6.45, 7) is 1.97. The Morgan fingerprint density at radius 3 is 2.80 bits per heavy atom. The Morgan fingerprint density at radius 2 is 2.20 bits per heavy atom. The van der Waals surface area contributed by atoms with Crippen LogP contribution in [-0.2, 0) is 0 Å². The number of nitrogens with zero attached hydrogens (tertiary/aromatic N) is 3. The number of benzene rings is 1. The van der Waals surface area contributed by atoms with Crippen LogP contribution in [0.3, 0.4) is 0 Å². The summed E-state index contributed by atoms with van der Waals surface area (Å²) in [6, 6.07) is 9.41. The summed E-state index contributed by atoms with van der Waals surface area (Å²) in [5, 5.41) is 13.0. The second kappa shape index (κ2) is 3.46. The van der Waals surface area contributed by atoms with E-state index in [1.54, 1.807) is 23.0 Å². The topological polar surface area (TPSA) is 67.6 Å². The fourth-order valence-electron chi connectivity index (χ4n) is 1.40. The molecule has 1 aromatic carbocycles. The molecule has 0 radical (unpaired) electrons. The molecule has 0 fully saturated rings. The van der Waals surface area contributed by atoms with Crippen LogP contribution in [0.2, 0.25) is 0 Å². The molecule has 0 saturated heterocycles. The Hall–Kier alpha value is -2.28. The third-order valence-electron chi connectivity index (χ3n) is 2.13. The summed E-state index contributed by atoms with van der Waals surface area (Å²) in [7, 11) is 0. The first-order chi connectivity index (χ1) is 7.20. The first kappa shape index (κ1) is 9.28. The van der Waals surface area contributed by atoms with Crippen LogP contribution in [0.1, 0.15) is 11.1 Å². The quantitative estimate of drug-likeness (QED) is 0.757. The van der Waals surface area contributed by atoms with Gasteiger partial charge in [0.05, 0.1) is 11.3 Å². The molecule has 4 nitrogen and oxygen atoms in total. The first-order valence-electron chi connectivity index (χ1n) is 4.53. The van der Waals surface area contributed by atoms with Crippen LogP contribution >= 0.6 is 0 Å². The van der Waals surface area contributed by atoms with Crippen LogP contribution < -0.4 is 5.73 Å². The van der Waals surface area contributed by atoms with E-state index >= 15 is 0 Å². The SMILES string of the molecule is Cc1ccc(C#N)c(-n2ccc(N)n2)c1. The van der Waals surface area contributed by atoms with Crippen LogP contribution in [0.15, 0.2) is 30.5 Å². The van der Waals surface area contributed by atoms with Gasteiger partial charge in [0.25, 0.3) is 0 Å². The zero-order valence-corrected chi connectivity index (χ0v) is 8.31. The average molecular weight is 198 g/mol. The molecule has 0 amide bonds. The van der Waals surface area contributed by atoms with E-state index in [1.807, 2.05) is 19.1 Å². The van der Waals surface area contributed by atoms with E-state index in [0.717, 1.165) is 11.3 Å². The summed E-state index contributed by atoms with van der Waals surface area (Å²) in [4.78, 5) is 0. The third kappa shape index (κ3) is 1.67. The lowest BCUT2D eigenvalue weighted by Gasteiger charge is -2.04. The fraction of sp³-hybridized carbons (Fsp3) is 0.0909. The Balaban J connectivity index is 2.61. The Labute approximate surface area is 87.6 Å². The summed E-state index contributed by atoms with van der Waals surface area (Å²) in [6.07, 6.45) is 1.74. The van der Waals surface area contributed by atoms with Crippen molar-refractivity contribution in [2.24, 2.45) is 0 Å². The zero-order chi connectivity index (χ0) is 10.8. The number of hydrogen-bond donors (Lipinski definition) is 1. The van der Waals surface area contributed by atoms with Gasteiger partial charge in [0.2, 0.25) is 0 Å². The number of nitrogen functional groups attached to an aromatic ring is 1. The molecular formula is C11H10N4. The number of nitriles is 1. The smallest absolute Gasteiger partial charge is 0.145 e. The molecule has 0 aliphatic carbocycles. The highest BCUT2D eigenvalue weighted by Crippen LogP contribution is 2.15. The molecule has 15 heavy (non-hydrogen) atoms.